The number of alkyl halides is 2. The highest BCUT2D eigenvalue weighted by Gasteiger charge is 2.55. The van der Waals surface area contributed by atoms with Crippen molar-refractivity contribution in [1.82, 2.24) is 40.4 Å². The molecule has 1 saturated carbocycles. The van der Waals surface area contributed by atoms with E-state index in [9.17, 15) is 19.2 Å². The fourth-order valence-electron chi connectivity index (χ4n) is 9.01. The van der Waals surface area contributed by atoms with Crippen LogP contribution < -0.4 is 10.6 Å². The summed E-state index contributed by atoms with van der Waals surface area (Å²) in [5, 5.41) is 5.34. The van der Waals surface area contributed by atoms with Crippen molar-refractivity contribution in [3.05, 3.63) is 71.6 Å². The van der Waals surface area contributed by atoms with Crippen molar-refractivity contribution in [2.75, 3.05) is 27.3 Å². The van der Waals surface area contributed by atoms with Crippen molar-refractivity contribution in [1.29, 1.82) is 0 Å². The topological polar surface area (TPSA) is 175 Å². The van der Waals surface area contributed by atoms with Crippen molar-refractivity contribution in [3.8, 4) is 33.6 Å². The molecule has 2 aliphatic heterocycles. The van der Waals surface area contributed by atoms with Crippen LogP contribution >= 0.6 is 0 Å². The number of halogens is 2. The van der Waals surface area contributed by atoms with Crippen LogP contribution in [0.4, 0.5) is 18.4 Å². The van der Waals surface area contributed by atoms with Gasteiger partial charge in [-0.1, -0.05) is 52.0 Å². The van der Waals surface area contributed by atoms with E-state index in [0.29, 0.717) is 64.8 Å². The number of carbonyl (C=O) groups is 4. The number of hydrogen-bond donors (Lipinski definition) is 4. The van der Waals surface area contributed by atoms with Crippen molar-refractivity contribution in [2.24, 2.45) is 17.3 Å². The Bertz CT molecular complexity index is 2300. The second-order valence-electron chi connectivity index (χ2n) is 17.1. The Hall–Kier alpha value is -5.80. The van der Waals surface area contributed by atoms with E-state index in [0.717, 1.165) is 25.7 Å². The van der Waals surface area contributed by atoms with E-state index in [2.05, 4.69) is 30.6 Å². The quantitative estimate of drug-likeness (QED) is 0.132. The molecule has 1 unspecified atom stereocenters. The first-order chi connectivity index (χ1) is 28.1. The number of hydrogen-bond acceptors (Lipinski definition) is 8. The SMILES string of the molecule is COC(=O)NC(C(=O)N1CCC[C@H]1c1ncc(-c2ccc3c(c2)C(F)(F)c2cc(-c4cnc([C@@H]5CC6(CC6)CN5C(=O)[C@@H](NC(=O)OC)C(C)C)[nH]4)ccc2-3)[nH]1)C(C)C. The van der Waals surface area contributed by atoms with E-state index in [1.807, 2.05) is 27.7 Å². The number of likely N-dealkylation sites (tertiary alicyclic amines) is 2. The number of imidazole rings is 2. The van der Waals surface area contributed by atoms with Gasteiger partial charge in [0.2, 0.25) is 11.8 Å². The number of methoxy groups -OCH3 is 2. The molecule has 2 aromatic carbocycles. The number of rotatable bonds is 10. The summed E-state index contributed by atoms with van der Waals surface area (Å²) >= 11 is 0. The molecule has 2 saturated heterocycles. The van der Waals surface area contributed by atoms with Crippen LogP contribution in [0, 0.1) is 17.3 Å². The Morgan fingerprint density at radius 1 is 0.763 bits per heavy atom. The van der Waals surface area contributed by atoms with Crippen molar-refractivity contribution in [2.45, 2.75) is 89.9 Å². The number of fused-ring (bicyclic) bond motifs is 3. The van der Waals surface area contributed by atoms with Crippen LogP contribution in [-0.2, 0) is 25.0 Å². The monoisotopic (exact) mass is 812 g/mol. The van der Waals surface area contributed by atoms with Crippen LogP contribution in [-0.4, -0.2) is 93.1 Å². The normalized spacial score (nSPS) is 20.7. The Morgan fingerprint density at radius 2 is 1.25 bits per heavy atom. The number of nitrogens with one attached hydrogen (secondary N) is 4. The molecule has 4 heterocycles. The van der Waals surface area contributed by atoms with Gasteiger partial charge in [-0.25, -0.2) is 19.6 Å². The first kappa shape index (κ1) is 40.0. The van der Waals surface area contributed by atoms with Gasteiger partial charge in [-0.2, -0.15) is 8.78 Å². The Balaban J connectivity index is 1.02. The zero-order valence-corrected chi connectivity index (χ0v) is 34.0. The lowest BCUT2D eigenvalue weighted by Gasteiger charge is -2.30. The molecule has 1 spiro atoms. The third kappa shape index (κ3) is 7.20. The fraction of sp³-hybridized carbons (Fsp3) is 0.488. The smallest absolute Gasteiger partial charge is 0.407 e. The minimum atomic E-state index is -3.30. The standard InChI is InChI=1S/C43H50F2N8O6/c1-22(2)34(50-40(56)58-5)38(54)52-15-7-8-32(52)36-46-19-30(48-36)24-9-11-26-27-12-10-25(17-29(27)43(44,45)28(26)16-24)31-20-47-37(49-31)33-18-42(13-14-42)21-53(33)39(55)35(23(3)4)51-41(57)59-6/h9-12,16-17,19-20,22-23,32-35H,7-8,13-15,18,21H2,1-6H3,(H,46,48)(H,47,49)(H,50,56)(H,51,57)/t32-,33-,34?,35-/m0/s1. The van der Waals surface area contributed by atoms with Crippen LogP contribution in [0.15, 0.2) is 48.8 Å². The van der Waals surface area contributed by atoms with Crippen LogP contribution in [0.25, 0.3) is 33.6 Å². The highest BCUT2D eigenvalue weighted by molar-refractivity contribution is 5.88. The van der Waals surface area contributed by atoms with Gasteiger partial charge in [0.25, 0.3) is 5.92 Å². The molecular formula is C43H50F2N8O6. The minimum Gasteiger partial charge on any atom is -0.453 e. The van der Waals surface area contributed by atoms with Crippen molar-refractivity contribution < 1.29 is 37.4 Å². The van der Waals surface area contributed by atoms with Gasteiger partial charge in [0, 0.05) is 35.3 Å². The maximum Gasteiger partial charge on any atom is 0.407 e. The molecule has 8 rings (SSSR count). The minimum absolute atomic E-state index is 0.00950. The number of benzene rings is 2. The summed E-state index contributed by atoms with van der Waals surface area (Å²) in [6, 6.07) is 7.70. The van der Waals surface area contributed by atoms with Crippen LogP contribution in [0.5, 0.6) is 0 Å². The summed E-state index contributed by atoms with van der Waals surface area (Å²) in [7, 11) is 2.51. The number of nitrogens with zero attached hydrogens (tertiary/aromatic N) is 4. The van der Waals surface area contributed by atoms with Gasteiger partial charge in [0.1, 0.15) is 23.7 Å². The molecule has 4 N–H and O–H groups in total. The number of ether oxygens (including phenoxy) is 2. The van der Waals surface area contributed by atoms with Crippen LogP contribution in [0.3, 0.4) is 0 Å². The predicted molar refractivity (Wildman–Crippen MR) is 213 cm³/mol. The predicted octanol–water partition coefficient (Wildman–Crippen LogP) is 7.07. The van der Waals surface area contributed by atoms with Crippen molar-refractivity contribution >= 4 is 24.0 Å². The highest BCUT2D eigenvalue weighted by Crippen LogP contribution is 2.58. The van der Waals surface area contributed by atoms with Gasteiger partial charge in [-0.05, 0) is 72.6 Å². The first-order valence-electron chi connectivity index (χ1n) is 20.2. The summed E-state index contributed by atoms with van der Waals surface area (Å²) in [5.41, 5.74) is 2.81. The molecule has 0 radical (unpaired) electrons. The molecule has 3 fully saturated rings. The maximum atomic E-state index is 16.5. The number of carbonyl (C=O) groups excluding carboxylic acids is 4. The number of alkyl carbamates (subject to hydrolysis) is 2. The molecule has 2 aliphatic carbocycles. The number of aromatic nitrogens is 4. The molecule has 0 bridgehead atoms. The summed E-state index contributed by atoms with van der Waals surface area (Å²) < 4.78 is 42.5. The zero-order chi connectivity index (χ0) is 42.0. The second kappa shape index (κ2) is 15.1. The zero-order valence-electron chi connectivity index (χ0n) is 34.0. The average molecular weight is 813 g/mol. The Morgan fingerprint density at radius 3 is 1.73 bits per heavy atom. The van der Waals surface area contributed by atoms with Crippen LogP contribution in [0.1, 0.15) is 94.7 Å². The van der Waals surface area contributed by atoms with Gasteiger partial charge in [-0.15, -0.1) is 0 Å². The summed E-state index contributed by atoms with van der Waals surface area (Å²) in [5.74, 6) is -3.01. The summed E-state index contributed by atoms with van der Waals surface area (Å²) in [6.45, 7) is 8.47. The molecule has 312 valence electrons. The Labute approximate surface area is 340 Å². The first-order valence-corrected chi connectivity index (χ1v) is 20.2. The van der Waals surface area contributed by atoms with E-state index < -0.39 is 30.2 Å². The Kier molecular flexibility index (Phi) is 10.2. The lowest BCUT2D eigenvalue weighted by molar-refractivity contribution is -0.136. The van der Waals surface area contributed by atoms with E-state index in [1.54, 1.807) is 46.5 Å². The molecule has 14 nitrogen and oxygen atoms in total. The third-order valence-electron chi connectivity index (χ3n) is 12.5. The largest absolute Gasteiger partial charge is 0.453 e. The number of amides is 4. The molecule has 4 amide bonds. The van der Waals surface area contributed by atoms with Gasteiger partial charge >= 0.3 is 12.2 Å². The maximum absolute atomic E-state index is 16.5. The van der Waals surface area contributed by atoms with Gasteiger partial charge < -0.3 is 39.9 Å². The average Bonchev–Trinajstić information content (AvgIpc) is 3.81. The number of H-pyrrole nitrogens is 2. The van der Waals surface area contributed by atoms with E-state index in [1.165, 1.54) is 26.4 Å². The summed E-state index contributed by atoms with van der Waals surface area (Å²) in [6.07, 6.45) is 5.98. The third-order valence-corrected chi connectivity index (χ3v) is 12.5. The van der Waals surface area contributed by atoms with E-state index >= 15 is 8.78 Å². The van der Waals surface area contributed by atoms with Crippen LogP contribution in [0.2, 0.25) is 0 Å². The molecule has 59 heavy (non-hydrogen) atoms. The molecule has 4 atom stereocenters. The number of aromatic amines is 2. The lowest BCUT2D eigenvalue weighted by Crippen LogP contribution is -2.51. The fourth-order valence-corrected chi connectivity index (χ4v) is 9.01. The van der Waals surface area contributed by atoms with E-state index in [-0.39, 0.29) is 52.3 Å². The van der Waals surface area contributed by atoms with Crippen molar-refractivity contribution in [3.63, 3.8) is 0 Å². The van der Waals surface area contributed by atoms with Gasteiger partial charge in [0.05, 0.1) is 50.1 Å². The molecule has 4 aromatic rings. The second-order valence-corrected chi connectivity index (χ2v) is 17.1. The molecular weight excluding hydrogens is 763 g/mol. The van der Waals surface area contributed by atoms with Gasteiger partial charge in [-0.3, -0.25) is 9.59 Å². The molecule has 16 heteroatoms. The van der Waals surface area contributed by atoms with Gasteiger partial charge in [0.15, 0.2) is 0 Å². The molecule has 4 aliphatic rings. The molecule has 2 aromatic heterocycles. The van der Waals surface area contributed by atoms with E-state index in [4.69, 9.17) is 9.47 Å². The summed E-state index contributed by atoms with van der Waals surface area (Å²) in [4.78, 5) is 71.0. The highest BCUT2D eigenvalue weighted by atomic mass is 19.3. The lowest BCUT2D eigenvalue weighted by atomic mass is 10.0.